The van der Waals surface area contributed by atoms with E-state index in [0.29, 0.717) is 23.5 Å². The standard InChI is InChI=1S/C26H32O7/c1-16-12-18-23(20(27)13-16)25(31)24-19(14-17(32-2)15-21(24)28)26(18)33-11-9-7-5-3-4-6-8-10-22(29)30/h12-15,26-28H,3-11H2,1-2H3,(H,29,30). The second-order valence-corrected chi connectivity index (χ2v) is 8.56. The summed E-state index contributed by atoms with van der Waals surface area (Å²) in [6.45, 7) is 2.31. The molecule has 0 spiro atoms. The number of unbranched alkanes of at least 4 members (excludes halogenated alkanes) is 6. The number of phenols is 2. The number of aromatic hydroxyl groups is 2. The van der Waals surface area contributed by atoms with Crippen LogP contribution in [0.1, 0.15) is 90.1 Å². The second kappa shape index (κ2) is 11.2. The third-order valence-electron chi connectivity index (χ3n) is 5.99. The number of hydrogen-bond donors (Lipinski definition) is 3. The molecule has 3 N–H and O–H groups in total. The van der Waals surface area contributed by atoms with E-state index in [9.17, 15) is 19.8 Å². The number of benzene rings is 2. The fourth-order valence-electron chi connectivity index (χ4n) is 4.38. The lowest BCUT2D eigenvalue weighted by Gasteiger charge is -2.29. The molecule has 0 saturated carbocycles. The Morgan fingerprint density at radius 1 is 0.879 bits per heavy atom. The van der Waals surface area contributed by atoms with Gasteiger partial charge in [-0.05, 0) is 37.5 Å². The fourth-order valence-corrected chi connectivity index (χ4v) is 4.38. The number of rotatable bonds is 12. The van der Waals surface area contributed by atoms with E-state index in [-0.39, 0.29) is 29.0 Å². The predicted octanol–water partition coefficient (Wildman–Crippen LogP) is 5.27. The van der Waals surface area contributed by atoms with Gasteiger partial charge in [-0.1, -0.05) is 38.2 Å². The molecular formula is C26H32O7. The zero-order chi connectivity index (χ0) is 24.0. The number of methoxy groups -OCH3 is 1. The maximum Gasteiger partial charge on any atom is 0.303 e. The van der Waals surface area contributed by atoms with Crippen molar-refractivity contribution in [1.82, 2.24) is 0 Å². The molecule has 0 aliphatic heterocycles. The number of fused-ring (bicyclic) bond motifs is 2. The number of carbonyl (C=O) groups is 2. The third-order valence-corrected chi connectivity index (χ3v) is 5.99. The van der Waals surface area contributed by atoms with E-state index in [4.69, 9.17) is 14.6 Å². The maximum atomic E-state index is 13.1. The molecule has 0 fully saturated rings. The largest absolute Gasteiger partial charge is 0.507 e. The summed E-state index contributed by atoms with van der Waals surface area (Å²) >= 11 is 0. The lowest BCUT2D eigenvalue weighted by atomic mass is 9.81. The molecule has 0 heterocycles. The number of phenolic OH excluding ortho intramolecular Hbond substituents is 2. The van der Waals surface area contributed by atoms with Crippen LogP contribution in [0.25, 0.3) is 0 Å². The lowest BCUT2D eigenvalue weighted by molar-refractivity contribution is -0.137. The smallest absolute Gasteiger partial charge is 0.303 e. The van der Waals surface area contributed by atoms with E-state index in [2.05, 4.69) is 0 Å². The van der Waals surface area contributed by atoms with Crippen LogP contribution in [0.3, 0.4) is 0 Å². The number of carboxylic acids is 1. The minimum absolute atomic E-state index is 0.118. The molecule has 178 valence electrons. The van der Waals surface area contributed by atoms with Crippen LogP contribution in [-0.2, 0) is 9.53 Å². The van der Waals surface area contributed by atoms with Crippen molar-refractivity contribution in [2.75, 3.05) is 13.7 Å². The molecule has 0 aromatic heterocycles. The lowest BCUT2D eigenvalue weighted by Crippen LogP contribution is -2.22. The number of aliphatic carboxylic acids is 1. The molecule has 2 aromatic carbocycles. The van der Waals surface area contributed by atoms with Crippen LogP contribution in [0.15, 0.2) is 24.3 Å². The first-order chi connectivity index (χ1) is 15.8. The molecule has 7 heteroatoms. The van der Waals surface area contributed by atoms with Crippen molar-refractivity contribution in [1.29, 1.82) is 0 Å². The van der Waals surface area contributed by atoms with Crippen molar-refractivity contribution in [2.24, 2.45) is 0 Å². The van der Waals surface area contributed by atoms with Gasteiger partial charge in [0.2, 0.25) is 5.78 Å². The number of ether oxygens (including phenoxy) is 2. The summed E-state index contributed by atoms with van der Waals surface area (Å²) in [5.41, 5.74) is 2.24. The highest BCUT2D eigenvalue weighted by Gasteiger charge is 2.36. The Labute approximate surface area is 194 Å². The Bertz CT molecular complexity index is 1010. The summed E-state index contributed by atoms with van der Waals surface area (Å²) in [5.74, 6) is -1.06. The van der Waals surface area contributed by atoms with Gasteiger partial charge >= 0.3 is 5.97 Å². The molecule has 3 rings (SSSR count). The predicted molar refractivity (Wildman–Crippen MR) is 123 cm³/mol. The molecule has 2 aromatic rings. The summed E-state index contributed by atoms with van der Waals surface area (Å²) in [7, 11) is 1.49. The van der Waals surface area contributed by atoms with E-state index >= 15 is 0 Å². The molecule has 1 aliphatic rings. The van der Waals surface area contributed by atoms with Gasteiger partial charge in [-0.2, -0.15) is 0 Å². The van der Waals surface area contributed by atoms with E-state index in [0.717, 1.165) is 50.5 Å². The van der Waals surface area contributed by atoms with Crippen molar-refractivity contribution in [3.63, 3.8) is 0 Å². The number of ketones is 1. The Morgan fingerprint density at radius 2 is 1.45 bits per heavy atom. The molecule has 0 bridgehead atoms. The Morgan fingerprint density at radius 3 is 2.09 bits per heavy atom. The van der Waals surface area contributed by atoms with Crippen LogP contribution in [0.5, 0.6) is 17.2 Å². The zero-order valence-corrected chi connectivity index (χ0v) is 19.2. The van der Waals surface area contributed by atoms with Crippen molar-refractivity contribution in [3.05, 3.63) is 52.1 Å². The van der Waals surface area contributed by atoms with Gasteiger partial charge in [-0.15, -0.1) is 0 Å². The Balaban J connectivity index is 1.67. The van der Waals surface area contributed by atoms with E-state index in [1.165, 1.54) is 19.2 Å². The highest BCUT2D eigenvalue weighted by molar-refractivity contribution is 6.16. The average molecular weight is 457 g/mol. The highest BCUT2D eigenvalue weighted by Crippen LogP contribution is 2.45. The van der Waals surface area contributed by atoms with Crippen molar-refractivity contribution >= 4 is 11.8 Å². The first-order valence-electron chi connectivity index (χ1n) is 11.5. The molecule has 33 heavy (non-hydrogen) atoms. The molecule has 1 unspecified atom stereocenters. The van der Waals surface area contributed by atoms with Crippen LogP contribution in [0, 0.1) is 6.92 Å². The van der Waals surface area contributed by atoms with E-state index in [1.54, 1.807) is 6.07 Å². The number of aryl methyl sites for hydroxylation is 1. The molecule has 0 amide bonds. The van der Waals surface area contributed by atoms with Crippen molar-refractivity contribution in [3.8, 4) is 17.2 Å². The average Bonchev–Trinajstić information content (AvgIpc) is 2.75. The van der Waals surface area contributed by atoms with Gasteiger partial charge in [0.1, 0.15) is 23.4 Å². The quantitative estimate of drug-likeness (QED) is 0.373. The number of hydrogen-bond acceptors (Lipinski definition) is 6. The molecule has 7 nitrogen and oxygen atoms in total. The van der Waals surface area contributed by atoms with Gasteiger partial charge in [0.05, 0.1) is 18.2 Å². The van der Waals surface area contributed by atoms with Crippen LogP contribution in [0.4, 0.5) is 0 Å². The summed E-state index contributed by atoms with van der Waals surface area (Å²) in [5, 5.41) is 29.7. The van der Waals surface area contributed by atoms with Gasteiger partial charge in [0.15, 0.2) is 0 Å². The first-order valence-corrected chi connectivity index (χ1v) is 11.5. The summed E-state index contributed by atoms with van der Waals surface area (Å²) in [6.07, 6.45) is 6.22. The Kier molecular flexibility index (Phi) is 8.33. The summed E-state index contributed by atoms with van der Waals surface area (Å²) in [6, 6.07) is 6.47. The summed E-state index contributed by atoms with van der Waals surface area (Å²) in [4.78, 5) is 23.7. The van der Waals surface area contributed by atoms with Crippen molar-refractivity contribution in [2.45, 2.75) is 64.4 Å². The van der Waals surface area contributed by atoms with Crippen LogP contribution in [0.2, 0.25) is 0 Å². The third kappa shape index (κ3) is 5.85. The molecule has 0 saturated heterocycles. The van der Waals surface area contributed by atoms with Gasteiger partial charge in [0.25, 0.3) is 0 Å². The van der Waals surface area contributed by atoms with E-state index < -0.39 is 17.9 Å². The fraction of sp³-hybridized carbons (Fsp3) is 0.462. The van der Waals surface area contributed by atoms with Crippen LogP contribution >= 0.6 is 0 Å². The van der Waals surface area contributed by atoms with Gasteiger partial charge < -0.3 is 24.8 Å². The van der Waals surface area contributed by atoms with E-state index in [1.807, 2.05) is 13.0 Å². The molecule has 0 radical (unpaired) electrons. The minimum atomic E-state index is -0.742. The number of carboxylic acid groups (broad SMARTS) is 1. The normalized spacial score (nSPS) is 14.6. The van der Waals surface area contributed by atoms with Crippen molar-refractivity contribution < 1.29 is 34.4 Å². The topological polar surface area (TPSA) is 113 Å². The van der Waals surface area contributed by atoms with Crippen LogP contribution in [-0.4, -0.2) is 40.8 Å². The monoisotopic (exact) mass is 456 g/mol. The van der Waals surface area contributed by atoms with Gasteiger partial charge in [-0.25, -0.2) is 0 Å². The second-order valence-electron chi connectivity index (χ2n) is 8.56. The minimum Gasteiger partial charge on any atom is -0.507 e. The van der Waals surface area contributed by atoms with Gasteiger partial charge in [-0.3, -0.25) is 9.59 Å². The number of carbonyl (C=O) groups excluding carboxylic acids is 1. The summed E-state index contributed by atoms with van der Waals surface area (Å²) < 4.78 is 11.5. The first kappa shape index (κ1) is 24.6. The highest BCUT2D eigenvalue weighted by atomic mass is 16.5. The van der Waals surface area contributed by atoms with Crippen LogP contribution < -0.4 is 4.74 Å². The Hall–Kier alpha value is -3.06. The molecule has 1 aliphatic carbocycles. The molecular weight excluding hydrogens is 424 g/mol. The SMILES string of the molecule is COc1cc(O)c2c(c1)C(OCCCCCCCCCC(=O)O)c1cc(C)cc(O)c1C2=O. The molecule has 1 atom stereocenters. The maximum absolute atomic E-state index is 13.1. The van der Waals surface area contributed by atoms with Gasteiger partial charge in [0, 0.05) is 30.2 Å². The zero-order valence-electron chi connectivity index (χ0n) is 19.2.